The number of hydrogen-bond acceptors (Lipinski definition) is 4. The molecule has 1 atom stereocenters. The van der Waals surface area contributed by atoms with Crippen molar-refractivity contribution in [2.75, 3.05) is 6.61 Å². The maximum atomic E-state index is 12.1. The van der Waals surface area contributed by atoms with Crippen LogP contribution < -0.4 is 10.5 Å². The molecule has 0 aliphatic heterocycles. The zero-order valence-electron chi connectivity index (χ0n) is 10.9. The van der Waals surface area contributed by atoms with Gasteiger partial charge in [-0.05, 0) is 18.4 Å². The summed E-state index contributed by atoms with van der Waals surface area (Å²) in [5, 5.41) is 0. The Labute approximate surface area is 102 Å². The van der Waals surface area contributed by atoms with Crippen LogP contribution in [0.5, 0.6) is 5.75 Å². The molecular weight excluding hydrogens is 216 g/mol. The number of aromatic nitrogens is 1. The molecule has 0 aromatic carbocycles. The van der Waals surface area contributed by atoms with Crippen LogP contribution >= 0.6 is 0 Å². The monoisotopic (exact) mass is 236 g/mol. The van der Waals surface area contributed by atoms with Crippen LogP contribution in [0.2, 0.25) is 0 Å². The average Bonchev–Trinajstić information content (AvgIpc) is 2.27. The maximum absolute atomic E-state index is 12.1. The highest BCUT2D eigenvalue weighted by atomic mass is 16.5. The quantitative estimate of drug-likeness (QED) is 0.812. The molecule has 0 fully saturated rings. The third-order valence-corrected chi connectivity index (χ3v) is 2.52. The third-order valence-electron chi connectivity index (χ3n) is 2.52. The first-order valence-corrected chi connectivity index (χ1v) is 5.74. The molecule has 0 bridgehead atoms. The molecule has 4 heteroatoms. The number of ketones is 1. The molecule has 0 saturated heterocycles. The van der Waals surface area contributed by atoms with Crippen molar-refractivity contribution in [2.24, 2.45) is 11.1 Å². The SMILES string of the molecule is CCOc1cncc(C(=O)C(N)C(C)(C)C)c1. The highest BCUT2D eigenvalue weighted by Gasteiger charge is 2.28. The lowest BCUT2D eigenvalue weighted by atomic mass is 9.83. The van der Waals surface area contributed by atoms with Gasteiger partial charge in [0.15, 0.2) is 5.78 Å². The van der Waals surface area contributed by atoms with Gasteiger partial charge >= 0.3 is 0 Å². The molecule has 0 radical (unpaired) electrons. The fourth-order valence-corrected chi connectivity index (χ4v) is 1.37. The van der Waals surface area contributed by atoms with E-state index in [2.05, 4.69) is 4.98 Å². The largest absolute Gasteiger partial charge is 0.492 e. The van der Waals surface area contributed by atoms with Crippen LogP contribution in [0.15, 0.2) is 18.5 Å². The minimum Gasteiger partial charge on any atom is -0.492 e. The Morgan fingerprint density at radius 1 is 1.47 bits per heavy atom. The van der Waals surface area contributed by atoms with Crippen LogP contribution in [0.25, 0.3) is 0 Å². The van der Waals surface area contributed by atoms with Gasteiger partial charge in [-0.3, -0.25) is 9.78 Å². The molecule has 2 N–H and O–H groups in total. The molecule has 1 heterocycles. The smallest absolute Gasteiger partial charge is 0.181 e. The molecule has 0 aliphatic carbocycles. The summed E-state index contributed by atoms with van der Waals surface area (Å²) in [6.45, 7) is 8.25. The van der Waals surface area contributed by atoms with E-state index in [1.807, 2.05) is 27.7 Å². The molecule has 0 aliphatic rings. The summed E-state index contributed by atoms with van der Waals surface area (Å²) >= 11 is 0. The van der Waals surface area contributed by atoms with Crippen molar-refractivity contribution in [1.82, 2.24) is 4.98 Å². The van der Waals surface area contributed by atoms with Gasteiger partial charge in [0.05, 0.1) is 18.8 Å². The van der Waals surface area contributed by atoms with E-state index in [1.54, 1.807) is 12.3 Å². The second-order valence-electron chi connectivity index (χ2n) is 5.05. The number of ether oxygens (including phenoxy) is 1. The van der Waals surface area contributed by atoms with Gasteiger partial charge in [-0.1, -0.05) is 20.8 Å². The van der Waals surface area contributed by atoms with Gasteiger partial charge in [-0.25, -0.2) is 0 Å². The zero-order valence-corrected chi connectivity index (χ0v) is 10.9. The van der Waals surface area contributed by atoms with Gasteiger partial charge in [0, 0.05) is 11.8 Å². The van der Waals surface area contributed by atoms with Crippen LogP contribution in [0.4, 0.5) is 0 Å². The lowest BCUT2D eigenvalue weighted by Gasteiger charge is -2.25. The zero-order chi connectivity index (χ0) is 13.1. The second kappa shape index (κ2) is 5.27. The van der Waals surface area contributed by atoms with E-state index in [1.165, 1.54) is 6.20 Å². The minimum absolute atomic E-state index is 0.105. The molecule has 0 amide bonds. The Bertz CT molecular complexity index is 397. The standard InChI is InChI=1S/C13H20N2O2/c1-5-17-10-6-9(7-15-8-10)11(16)12(14)13(2,3)4/h6-8,12H,5,14H2,1-4H3. The highest BCUT2D eigenvalue weighted by Crippen LogP contribution is 2.22. The lowest BCUT2D eigenvalue weighted by Crippen LogP contribution is -2.42. The molecular formula is C13H20N2O2. The first-order chi connectivity index (χ1) is 7.86. The topological polar surface area (TPSA) is 65.2 Å². The molecule has 0 saturated carbocycles. The van der Waals surface area contributed by atoms with Crippen molar-refractivity contribution >= 4 is 5.78 Å². The van der Waals surface area contributed by atoms with Crippen LogP contribution in [0.1, 0.15) is 38.1 Å². The van der Waals surface area contributed by atoms with Crippen LogP contribution in [0.3, 0.4) is 0 Å². The Morgan fingerprint density at radius 3 is 2.65 bits per heavy atom. The Balaban J connectivity index is 2.93. The number of carbonyl (C=O) groups excluding carboxylic acids is 1. The van der Waals surface area contributed by atoms with Gasteiger partial charge in [0.25, 0.3) is 0 Å². The first-order valence-electron chi connectivity index (χ1n) is 5.74. The number of rotatable bonds is 4. The number of nitrogens with zero attached hydrogens (tertiary/aromatic N) is 1. The van der Waals surface area contributed by atoms with E-state index in [4.69, 9.17) is 10.5 Å². The summed E-state index contributed by atoms with van der Waals surface area (Å²) < 4.78 is 5.31. The van der Waals surface area contributed by atoms with E-state index in [-0.39, 0.29) is 11.2 Å². The van der Waals surface area contributed by atoms with Crippen molar-refractivity contribution in [3.05, 3.63) is 24.0 Å². The molecule has 1 aromatic rings. The maximum Gasteiger partial charge on any atom is 0.181 e. The van der Waals surface area contributed by atoms with Gasteiger partial charge < -0.3 is 10.5 Å². The molecule has 1 unspecified atom stereocenters. The summed E-state index contributed by atoms with van der Waals surface area (Å²) in [6, 6.07) is 1.14. The fourth-order valence-electron chi connectivity index (χ4n) is 1.37. The summed E-state index contributed by atoms with van der Waals surface area (Å²) in [4.78, 5) is 16.1. The number of carbonyl (C=O) groups is 1. The number of nitrogens with two attached hydrogens (primary N) is 1. The van der Waals surface area contributed by atoms with E-state index in [0.717, 1.165) is 0 Å². The number of hydrogen-bond donors (Lipinski definition) is 1. The van der Waals surface area contributed by atoms with E-state index in [0.29, 0.717) is 17.9 Å². The average molecular weight is 236 g/mol. The predicted octanol–water partition coefficient (Wildman–Crippen LogP) is 2.04. The second-order valence-corrected chi connectivity index (χ2v) is 5.05. The van der Waals surface area contributed by atoms with E-state index >= 15 is 0 Å². The molecule has 17 heavy (non-hydrogen) atoms. The molecule has 0 spiro atoms. The molecule has 1 aromatic heterocycles. The first kappa shape index (κ1) is 13.6. The number of pyridine rings is 1. The van der Waals surface area contributed by atoms with Gasteiger partial charge in [0.1, 0.15) is 5.75 Å². The summed E-state index contributed by atoms with van der Waals surface area (Å²) in [5.41, 5.74) is 6.17. The lowest BCUT2D eigenvalue weighted by molar-refractivity contribution is 0.0900. The van der Waals surface area contributed by atoms with Crippen LogP contribution in [0, 0.1) is 5.41 Å². The van der Waals surface area contributed by atoms with E-state index < -0.39 is 6.04 Å². The van der Waals surface area contributed by atoms with Crippen molar-refractivity contribution in [3.63, 3.8) is 0 Å². The fraction of sp³-hybridized carbons (Fsp3) is 0.538. The molecule has 1 rings (SSSR count). The Morgan fingerprint density at radius 2 is 2.12 bits per heavy atom. The van der Waals surface area contributed by atoms with E-state index in [9.17, 15) is 4.79 Å². The normalized spacial score (nSPS) is 13.2. The summed E-state index contributed by atoms with van der Waals surface area (Å²) in [7, 11) is 0. The van der Waals surface area contributed by atoms with Gasteiger partial charge in [-0.15, -0.1) is 0 Å². The Hall–Kier alpha value is -1.42. The molecule has 4 nitrogen and oxygen atoms in total. The third kappa shape index (κ3) is 3.53. The van der Waals surface area contributed by atoms with Crippen molar-refractivity contribution in [1.29, 1.82) is 0 Å². The number of Topliss-reactive ketones (excluding diaryl/α,β-unsaturated/α-hetero) is 1. The Kier molecular flexibility index (Phi) is 4.23. The summed E-state index contributed by atoms with van der Waals surface area (Å²) in [5.74, 6) is 0.492. The van der Waals surface area contributed by atoms with Crippen molar-refractivity contribution in [3.8, 4) is 5.75 Å². The minimum atomic E-state index is -0.541. The highest BCUT2D eigenvalue weighted by molar-refractivity contribution is 6.00. The predicted molar refractivity (Wildman–Crippen MR) is 67.2 cm³/mol. The summed E-state index contributed by atoms with van der Waals surface area (Å²) in [6.07, 6.45) is 3.11. The van der Waals surface area contributed by atoms with Crippen LogP contribution in [-0.4, -0.2) is 23.4 Å². The van der Waals surface area contributed by atoms with Crippen molar-refractivity contribution < 1.29 is 9.53 Å². The van der Waals surface area contributed by atoms with Gasteiger partial charge in [0.2, 0.25) is 0 Å². The molecule has 94 valence electrons. The van der Waals surface area contributed by atoms with Crippen molar-refractivity contribution in [2.45, 2.75) is 33.7 Å². The van der Waals surface area contributed by atoms with Crippen LogP contribution in [-0.2, 0) is 0 Å². The van der Waals surface area contributed by atoms with Gasteiger partial charge in [-0.2, -0.15) is 0 Å².